The van der Waals surface area contributed by atoms with E-state index < -0.39 is 0 Å². The Kier molecular flexibility index (Phi) is 4.07. The maximum atomic E-state index is 5.97. The molecule has 1 saturated carbocycles. The predicted octanol–water partition coefficient (Wildman–Crippen LogP) is 3.12. The molecule has 18 heavy (non-hydrogen) atoms. The van der Waals surface area contributed by atoms with Crippen LogP contribution in [0.25, 0.3) is 0 Å². The molecule has 4 nitrogen and oxygen atoms in total. The number of ether oxygens (including phenoxy) is 1. The summed E-state index contributed by atoms with van der Waals surface area (Å²) in [6.07, 6.45) is 1.27. The number of rotatable bonds is 6. The number of nitrogens with one attached hydrogen (secondary N) is 1. The summed E-state index contributed by atoms with van der Waals surface area (Å²) in [5.74, 6) is 2.14. The van der Waals surface area contributed by atoms with Gasteiger partial charge in [0.1, 0.15) is 17.6 Å². The van der Waals surface area contributed by atoms with Gasteiger partial charge in [-0.15, -0.1) is 0 Å². The van der Waals surface area contributed by atoms with Gasteiger partial charge in [-0.25, -0.2) is 9.97 Å². The van der Waals surface area contributed by atoms with E-state index in [-0.39, 0.29) is 0 Å². The molecule has 1 unspecified atom stereocenters. The minimum absolute atomic E-state index is 0.403. The molecule has 0 aliphatic heterocycles. The summed E-state index contributed by atoms with van der Waals surface area (Å²) in [5, 5.41) is 3.78. The highest BCUT2D eigenvalue weighted by molar-refractivity contribution is 6.29. The van der Waals surface area contributed by atoms with E-state index in [1.807, 2.05) is 6.92 Å². The molecule has 1 aliphatic rings. The highest BCUT2D eigenvalue weighted by Crippen LogP contribution is 2.51. The molecule has 0 aromatic carbocycles. The fourth-order valence-electron chi connectivity index (χ4n) is 1.97. The normalized spacial score (nSPS) is 20.8. The van der Waals surface area contributed by atoms with Gasteiger partial charge < -0.3 is 10.1 Å². The standard InChI is InChI=1S/C13H20ClN3O/c1-4-18-8-12-16-10(14)5-11(17-12)15-7-9-6-13(9,2)3/h5,9H,4,6-8H2,1-3H3,(H,15,16,17). The first-order valence-electron chi connectivity index (χ1n) is 6.36. The fourth-order valence-corrected chi connectivity index (χ4v) is 2.17. The Hall–Kier alpha value is -0.870. The molecular formula is C13H20ClN3O. The van der Waals surface area contributed by atoms with E-state index in [2.05, 4.69) is 29.1 Å². The average Bonchev–Trinajstić information content (AvgIpc) is 2.91. The fraction of sp³-hybridized carbons (Fsp3) is 0.692. The number of hydrogen-bond donors (Lipinski definition) is 1. The first-order chi connectivity index (χ1) is 8.51. The summed E-state index contributed by atoms with van der Waals surface area (Å²) in [4.78, 5) is 8.52. The molecule has 0 spiro atoms. The molecular weight excluding hydrogens is 250 g/mol. The van der Waals surface area contributed by atoms with Gasteiger partial charge in [0, 0.05) is 19.2 Å². The Labute approximate surface area is 113 Å². The van der Waals surface area contributed by atoms with Crippen LogP contribution < -0.4 is 5.32 Å². The van der Waals surface area contributed by atoms with E-state index in [4.69, 9.17) is 16.3 Å². The summed E-state index contributed by atoms with van der Waals surface area (Å²) in [6.45, 7) is 8.50. The monoisotopic (exact) mass is 269 g/mol. The molecule has 0 radical (unpaired) electrons. The van der Waals surface area contributed by atoms with Crippen LogP contribution in [0, 0.1) is 11.3 Å². The van der Waals surface area contributed by atoms with Crippen LogP contribution in [0.1, 0.15) is 33.0 Å². The van der Waals surface area contributed by atoms with Gasteiger partial charge in [-0.05, 0) is 24.7 Å². The zero-order valence-electron chi connectivity index (χ0n) is 11.2. The average molecular weight is 270 g/mol. The van der Waals surface area contributed by atoms with Crippen LogP contribution in [0.2, 0.25) is 5.15 Å². The zero-order valence-corrected chi connectivity index (χ0v) is 11.9. The van der Waals surface area contributed by atoms with Crippen LogP contribution in [0.5, 0.6) is 0 Å². The molecule has 5 heteroatoms. The van der Waals surface area contributed by atoms with Crippen molar-refractivity contribution in [3.8, 4) is 0 Å². The molecule has 1 aromatic rings. The SMILES string of the molecule is CCOCc1nc(Cl)cc(NCC2CC2(C)C)n1. The van der Waals surface area contributed by atoms with Gasteiger partial charge in [-0.2, -0.15) is 0 Å². The second-order valence-corrected chi connectivity index (χ2v) is 5.79. The van der Waals surface area contributed by atoms with Gasteiger partial charge in [-0.3, -0.25) is 0 Å². The van der Waals surface area contributed by atoms with Crippen molar-refractivity contribution in [1.29, 1.82) is 0 Å². The van der Waals surface area contributed by atoms with Crippen molar-refractivity contribution >= 4 is 17.4 Å². The molecule has 1 N–H and O–H groups in total. The van der Waals surface area contributed by atoms with Gasteiger partial charge in [0.15, 0.2) is 5.82 Å². The van der Waals surface area contributed by atoms with Crippen LogP contribution in [-0.4, -0.2) is 23.1 Å². The minimum atomic E-state index is 0.403. The van der Waals surface area contributed by atoms with E-state index in [1.54, 1.807) is 6.07 Å². The van der Waals surface area contributed by atoms with E-state index in [0.29, 0.717) is 29.6 Å². The van der Waals surface area contributed by atoms with Crippen molar-refractivity contribution < 1.29 is 4.74 Å². The van der Waals surface area contributed by atoms with Crippen molar-refractivity contribution in [1.82, 2.24) is 9.97 Å². The van der Waals surface area contributed by atoms with Gasteiger partial charge in [0.2, 0.25) is 0 Å². The third-order valence-corrected chi connectivity index (χ3v) is 3.62. The Morgan fingerprint density at radius 1 is 1.50 bits per heavy atom. The van der Waals surface area contributed by atoms with Crippen LogP contribution in [0.15, 0.2) is 6.07 Å². The molecule has 1 aromatic heterocycles. The van der Waals surface area contributed by atoms with Gasteiger partial charge in [-0.1, -0.05) is 25.4 Å². The molecule has 1 aliphatic carbocycles. The van der Waals surface area contributed by atoms with E-state index in [9.17, 15) is 0 Å². The first kappa shape index (κ1) is 13.6. The molecule has 1 fully saturated rings. The highest BCUT2D eigenvalue weighted by Gasteiger charge is 2.44. The first-order valence-corrected chi connectivity index (χ1v) is 6.74. The molecule has 1 atom stereocenters. The Morgan fingerprint density at radius 2 is 2.22 bits per heavy atom. The lowest BCUT2D eigenvalue weighted by molar-refractivity contribution is 0.128. The second-order valence-electron chi connectivity index (χ2n) is 5.40. The number of anilines is 1. The van der Waals surface area contributed by atoms with E-state index in [1.165, 1.54) is 6.42 Å². The van der Waals surface area contributed by atoms with Gasteiger partial charge >= 0.3 is 0 Å². The number of hydrogen-bond acceptors (Lipinski definition) is 4. The maximum Gasteiger partial charge on any atom is 0.158 e. The summed E-state index contributed by atoms with van der Waals surface area (Å²) in [7, 11) is 0. The molecule has 0 bridgehead atoms. The third-order valence-electron chi connectivity index (χ3n) is 3.42. The van der Waals surface area contributed by atoms with Crippen LogP contribution in [0.4, 0.5) is 5.82 Å². The molecule has 1 heterocycles. The van der Waals surface area contributed by atoms with E-state index in [0.717, 1.165) is 18.3 Å². The Bertz CT molecular complexity index is 423. The Morgan fingerprint density at radius 3 is 2.83 bits per heavy atom. The number of nitrogens with zero attached hydrogens (tertiary/aromatic N) is 2. The van der Waals surface area contributed by atoms with Crippen molar-refractivity contribution in [2.75, 3.05) is 18.5 Å². The van der Waals surface area contributed by atoms with Gasteiger partial charge in [0.05, 0.1) is 0 Å². The number of aromatic nitrogens is 2. The Balaban J connectivity index is 1.93. The molecule has 0 amide bonds. The molecule has 2 rings (SSSR count). The van der Waals surface area contributed by atoms with Gasteiger partial charge in [0.25, 0.3) is 0 Å². The number of halogens is 1. The largest absolute Gasteiger partial charge is 0.374 e. The lowest BCUT2D eigenvalue weighted by Gasteiger charge is -2.09. The summed E-state index contributed by atoms with van der Waals surface area (Å²) in [6, 6.07) is 1.76. The van der Waals surface area contributed by atoms with Crippen LogP contribution in [-0.2, 0) is 11.3 Å². The highest BCUT2D eigenvalue weighted by atomic mass is 35.5. The topological polar surface area (TPSA) is 47.0 Å². The van der Waals surface area contributed by atoms with E-state index >= 15 is 0 Å². The van der Waals surface area contributed by atoms with Crippen molar-refractivity contribution in [2.45, 2.75) is 33.8 Å². The lowest BCUT2D eigenvalue weighted by atomic mass is 10.1. The maximum absolute atomic E-state index is 5.97. The van der Waals surface area contributed by atoms with Crippen molar-refractivity contribution in [3.05, 3.63) is 17.0 Å². The molecule has 0 saturated heterocycles. The third kappa shape index (κ3) is 3.56. The predicted molar refractivity (Wildman–Crippen MR) is 72.7 cm³/mol. The van der Waals surface area contributed by atoms with Crippen LogP contribution >= 0.6 is 11.6 Å². The van der Waals surface area contributed by atoms with Crippen molar-refractivity contribution in [3.63, 3.8) is 0 Å². The summed E-state index contributed by atoms with van der Waals surface area (Å²) >= 11 is 5.97. The summed E-state index contributed by atoms with van der Waals surface area (Å²) in [5.41, 5.74) is 0.470. The molecule has 100 valence electrons. The second kappa shape index (κ2) is 5.41. The summed E-state index contributed by atoms with van der Waals surface area (Å²) < 4.78 is 5.29. The minimum Gasteiger partial charge on any atom is -0.374 e. The smallest absolute Gasteiger partial charge is 0.158 e. The van der Waals surface area contributed by atoms with Crippen molar-refractivity contribution in [2.24, 2.45) is 11.3 Å². The zero-order chi connectivity index (χ0) is 13.2. The lowest BCUT2D eigenvalue weighted by Crippen LogP contribution is -2.10. The van der Waals surface area contributed by atoms with Crippen LogP contribution in [0.3, 0.4) is 0 Å². The quantitative estimate of drug-likeness (QED) is 0.806.